The maximum atomic E-state index is 11.6. The van der Waals surface area contributed by atoms with Gasteiger partial charge >= 0.3 is 0 Å². The minimum Gasteiger partial charge on any atom is -0.491 e. The molecule has 19 heavy (non-hydrogen) atoms. The van der Waals surface area contributed by atoms with Gasteiger partial charge in [-0.05, 0) is 44.4 Å². The number of nitrogens with one attached hydrogen (secondary N) is 2. The zero-order valence-electron chi connectivity index (χ0n) is 11.6. The molecule has 4 heteroatoms. The lowest BCUT2D eigenvalue weighted by atomic mass is 10.1. The van der Waals surface area contributed by atoms with Gasteiger partial charge in [0.2, 0.25) is 5.91 Å². The lowest BCUT2D eigenvalue weighted by molar-refractivity contribution is -0.124. The molecule has 1 unspecified atom stereocenters. The summed E-state index contributed by atoms with van der Waals surface area (Å²) in [7, 11) is 0. The number of carbonyl (C=O) groups excluding carboxylic acids is 1. The van der Waals surface area contributed by atoms with Crippen LogP contribution in [0.1, 0.15) is 32.3 Å². The number of ether oxygens (including phenoxy) is 1. The summed E-state index contributed by atoms with van der Waals surface area (Å²) in [5.41, 5.74) is 1.14. The van der Waals surface area contributed by atoms with Gasteiger partial charge < -0.3 is 15.4 Å². The smallest absolute Gasteiger partial charge is 0.237 e. The quantitative estimate of drug-likeness (QED) is 0.851. The van der Waals surface area contributed by atoms with Crippen molar-refractivity contribution in [3.63, 3.8) is 0 Å². The van der Waals surface area contributed by atoms with E-state index in [0.29, 0.717) is 6.54 Å². The molecule has 0 spiro atoms. The van der Waals surface area contributed by atoms with E-state index in [1.165, 1.54) is 0 Å². The fourth-order valence-electron chi connectivity index (χ4n) is 2.21. The lowest BCUT2D eigenvalue weighted by Gasteiger charge is -2.23. The summed E-state index contributed by atoms with van der Waals surface area (Å²) < 4.78 is 5.66. The van der Waals surface area contributed by atoms with E-state index in [1.807, 2.05) is 38.1 Å². The molecule has 104 valence electrons. The van der Waals surface area contributed by atoms with E-state index in [1.54, 1.807) is 0 Å². The second-order valence-corrected chi connectivity index (χ2v) is 5.18. The molecular weight excluding hydrogens is 240 g/mol. The summed E-state index contributed by atoms with van der Waals surface area (Å²) in [5.74, 6) is 0.989. The molecule has 2 N–H and O–H groups in total. The molecule has 1 atom stereocenters. The predicted octanol–water partition coefficient (Wildman–Crippen LogP) is 1.84. The van der Waals surface area contributed by atoms with E-state index >= 15 is 0 Å². The third-order valence-corrected chi connectivity index (χ3v) is 3.11. The van der Waals surface area contributed by atoms with Crippen LogP contribution >= 0.6 is 0 Å². The second-order valence-electron chi connectivity index (χ2n) is 5.18. The van der Waals surface area contributed by atoms with Gasteiger partial charge in [0, 0.05) is 13.1 Å². The molecule has 0 radical (unpaired) electrons. The van der Waals surface area contributed by atoms with Gasteiger partial charge in [-0.25, -0.2) is 0 Å². The summed E-state index contributed by atoms with van der Waals surface area (Å²) in [5, 5.41) is 6.18. The molecule has 1 heterocycles. The molecule has 1 aliphatic heterocycles. The Morgan fingerprint density at radius 3 is 3.05 bits per heavy atom. The van der Waals surface area contributed by atoms with E-state index in [-0.39, 0.29) is 18.1 Å². The number of amides is 1. The van der Waals surface area contributed by atoms with Gasteiger partial charge in [0.05, 0.1) is 12.1 Å². The lowest BCUT2D eigenvalue weighted by Crippen LogP contribution is -2.47. The van der Waals surface area contributed by atoms with Gasteiger partial charge in [-0.1, -0.05) is 12.1 Å². The highest BCUT2D eigenvalue weighted by Gasteiger charge is 2.20. The van der Waals surface area contributed by atoms with Gasteiger partial charge in [-0.15, -0.1) is 0 Å². The number of hydrogen-bond acceptors (Lipinski definition) is 3. The number of piperidine rings is 1. The average molecular weight is 262 g/mol. The van der Waals surface area contributed by atoms with Gasteiger partial charge in [0.25, 0.3) is 0 Å². The Kier molecular flexibility index (Phi) is 4.80. The average Bonchev–Trinajstić information content (AvgIpc) is 2.37. The molecular formula is C15H22N2O2. The number of carbonyl (C=O) groups is 1. The monoisotopic (exact) mass is 262 g/mol. The Hall–Kier alpha value is -1.55. The van der Waals surface area contributed by atoms with Crippen LogP contribution in [0.15, 0.2) is 24.3 Å². The van der Waals surface area contributed by atoms with Crippen LogP contribution in [-0.4, -0.2) is 24.6 Å². The van der Waals surface area contributed by atoms with Crippen molar-refractivity contribution in [3.8, 4) is 5.75 Å². The molecule has 1 aromatic rings. The van der Waals surface area contributed by atoms with E-state index < -0.39 is 0 Å². The standard InChI is InChI=1S/C15H22N2O2/c1-11(2)19-13-6-3-5-12(9-13)10-17-14-7-4-8-16-15(14)18/h3,5-6,9,11,14,17H,4,7-8,10H2,1-2H3,(H,16,18). The van der Waals surface area contributed by atoms with Gasteiger partial charge in [0.1, 0.15) is 5.75 Å². The molecule has 2 rings (SSSR count). The highest BCUT2D eigenvalue weighted by molar-refractivity contribution is 5.82. The van der Waals surface area contributed by atoms with Crippen molar-refractivity contribution in [1.82, 2.24) is 10.6 Å². The summed E-state index contributed by atoms with van der Waals surface area (Å²) in [4.78, 5) is 11.6. The van der Waals surface area contributed by atoms with Gasteiger partial charge in [0.15, 0.2) is 0 Å². The molecule has 1 saturated heterocycles. The second kappa shape index (κ2) is 6.57. The Labute approximate surface area is 114 Å². The van der Waals surface area contributed by atoms with Crippen molar-refractivity contribution in [3.05, 3.63) is 29.8 Å². The van der Waals surface area contributed by atoms with Crippen LogP contribution < -0.4 is 15.4 Å². The highest BCUT2D eigenvalue weighted by atomic mass is 16.5. The third kappa shape index (κ3) is 4.24. The maximum Gasteiger partial charge on any atom is 0.237 e. The molecule has 1 amide bonds. The molecule has 0 aliphatic carbocycles. The van der Waals surface area contributed by atoms with Gasteiger partial charge in [-0.2, -0.15) is 0 Å². The fourth-order valence-corrected chi connectivity index (χ4v) is 2.21. The molecule has 1 aliphatic rings. The summed E-state index contributed by atoms with van der Waals surface area (Å²) >= 11 is 0. The normalized spacial score (nSPS) is 19.3. The molecule has 0 bridgehead atoms. The van der Waals surface area contributed by atoms with Crippen molar-refractivity contribution in [1.29, 1.82) is 0 Å². The van der Waals surface area contributed by atoms with Gasteiger partial charge in [-0.3, -0.25) is 4.79 Å². The van der Waals surface area contributed by atoms with Crippen LogP contribution in [0.3, 0.4) is 0 Å². The number of hydrogen-bond donors (Lipinski definition) is 2. The zero-order chi connectivity index (χ0) is 13.7. The minimum atomic E-state index is -0.0663. The highest BCUT2D eigenvalue weighted by Crippen LogP contribution is 2.15. The minimum absolute atomic E-state index is 0.0663. The SMILES string of the molecule is CC(C)Oc1cccc(CNC2CCCNC2=O)c1. The van der Waals surface area contributed by atoms with E-state index in [9.17, 15) is 4.79 Å². The van der Waals surface area contributed by atoms with E-state index in [4.69, 9.17) is 4.74 Å². The molecule has 4 nitrogen and oxygen atoms in total. The zero-order valence-corrected chi connectivity index (χ0v) is 11.6. The van der Waals surface area contributed by atoms with Crippen molar-refractivity contribution < 1.29 is 9.53 Å². The van der Waals surface area contributed by atoms with Crippen molar-refractivity contribution in [2.24, 2.45) is 0 Å². The van der Waals surface area contributed by atoms with E-state index in [2.05, 4.69) is 10.6 Å². The van der Waals surface area contributed by atoms with Crippen LogP contribution in [-0.2, 0) is 11.3 Å². The van der Waals surface area contributed by atoms with E-state index in [0.717, 1.165) is 30.7 Å². The molecule has 0 aromatic heterocycles. The van der Waals surface area contributed by atoms with Crippen LogP contribution in [0, 0.1) is 0 Å². The van der Waals surface area contributed by atoms with Crippen molar-refractivity contribution >= 4 is 5.91 Å². The topological polar surface area (TPSA) is 50.4 Å². The Morgan fingerprint density at radius 2 is 2.32 bits per heavy atom. The van der Waals surface area contributed by atoms with Crippen molar-refractivity contribution in [2.75, 3.05) is 6.54 Å². The Bertz CT molecular complexity index is 432. The molecule has 1 aromatic carbocycles. The van der Waals surface area contributed by atoms with Crippen LogP contribution in [0.25, 0.3) is 0 Å². The van der Waals surface area contributed by atoms with Crippen LogP contribution in [0.5, 0.6) is 5.75 Å². The van der Waals surface area contributed by atoms with Crippen LogP contribution in [0.4, 0.5) is 0 Å². The Balaban J connectivity index is 1.90. The number of benzene rings is 1. The third-order valence-electron chi connectivity index (χ3n) is 3.11. The number of rotatable bonds is 5. The molecule has 0 saturated carbocycles. The summed E-state index contributed by atoms with van der Waals surface area (Å²) in [6.45, 7) is 5.51. The Morgan fingerprint density at radius 1 is 1.47 bits per heavy atom. The first-order chi connectivity index (χ1) is 9.15. The molecule has 1 fully saturated rings. The maximum absolute atomic E-state index is 11.6. The predicted molar refractivity (Wildman–Crippen MR) is 75.1 cm³/mol. The summed E-state index contributed by atoms with van der Waals surface area (Å²) in [6.07, 6.45) is 2.13. The first kappa shape index (κ1) is 13.9. The summed E-state index contributed by atoms with van der Waals surface area (Å²) in [6, 6.07) is 7.93. The van der Waals surface area contributed by atoms with Crippen molar-refractivity contribution in [2.45, 2.75) is 45.4 Å². The fraction of sp³-hybridized carbons (Fsp3) is 0.533. The first-order valence-electron chi connectivity index (χ1n) is 6.92. The largest absolute Gasteiger partial charge is 0.491 e. The van der Waals surface area contributed by atoms with Crippen LogP contribution in [0.2, 0.25) is 0 Å². The first-order valence-corrected chi connectivity index (χ1v) is 6.92.